The molecule has 194 valence electrons. The predicted molar refractivity (Wildman–Crippen MR) is 142 cm³/mol. The first kappa shape index (κ1) is 30.6. The number of halogens is 7. The van der Waals surface area contributed by atoms with Crippen LogP contribution >= 0.6 is 26.3 Å². The van der Waals surface area contributed by atoms with Crippen LogP contribution in [0.15, 0.2) is 121 Å². The van der Waals surface area contributed by atoms with Crippen molar-refractivity contribution in [3.05, 3.63) is 128 Å². The molecule has 0 aliphatic heterocycles. The molecule has 0 aliphatic carbocycles. The first-order chi connectivity index (χ1) is 17.1. The van der Waals surface area contributed by atoms with E-state index in [9.17, 15) is 26.3 Å². The average molecular weight is 814 g/mol. The van der Waals surface area contributed by atoms with Gasteiger partial charge in [-0.1, -0.05) is 72.8 Å². The van der Waals surface area contributed by atoms with Gasteiger partial charge in [0.05, 0.1) is 0 Å². The predicted octanol–water partition coefficient (Wildman–Crippen LogP) is 7.50. The molecule has 4 aromatic carbocycles. The zero-order valence-corrected chi connectivity index (χ0v) is 23.7. The third-order valence-corrected chi connectivity index (χ3v) is 9.19. The van der Waals surface area contributed by atoms with Gasteiger partial charge in [0.1, 0.15) is 28.5 Å². The van der Waals surface area contributed by atoms with E-state index in [0.29, 0.717) is 0 Å². The second-order valence-electron chi connectivity index (χ2n) is 7.24. The number of alkyl halides is 6. The van der Waals surface area contributed by atoms with Crippen molar-refractivity contribution in [1.82, 2.24) is 0 Å². The van der Waals surface area contributed by atoms with Gasteiger partial charge in [-0.25, -0.2) is 26.3 Å². The van der Waals surface area contributed by atoms with Gasteiger partial charge in [0.2, 0.25) is 0 Å². The van der Waals surface area contributed by atoms with E-state index in [1.165, 1.54) is 21.2 Å². The minimum absolute atomic E-state index is 1.39. The van der Waals surface area contributed by atoms with E-state index in [-0.39, 0.29) is 0 Å². The van der Waals surface area contributed by atoms with Crippen LogP contribution in [-0.4, -0.2) is 12.4 Å². The summed E-state index contributed by atoms with van der Waals surface area (Å²) in [6.07, 6.45) is -12.2. The minimum Gasteiger partial charge on any atom is -0.0620 e. The van der Waals surface area contributed by atoms with Crippen molar-refractivity contribution in [3.63, 3.8) is 0 Å². The molecule has 0 saturated carbocycles. The van der Waals surface area contributed by atoms with Crippen molar-refractivity contribution in [2.75, 3.05) is 0 Å². The summed E-state index contributed by atoms with van der Waals surface area (Å²) in [5, 5.41) is 5.55. The van der Waals surface area contributed by atoms with Gasteiger partial charge in [-0.3, -0.25) is 0 Å². The maximum atomic E-state index is 10.8. The molecular weight excluding hydrogens is 793 g/mol. The zero-order chi connectivity index (χ0) is 26.7. The number of benzene rings is 4. The molecule has 0 unspecified atom stereocenters. The van der Waals surface area contributed by atoms with Crippen molar-refractivity contribution in [1.29, 1.82) is 0 Å². The van der Waals surface area contributed by atoms with Gasteiger partial charge in [-0.2, -0.15) is 0 Å². The Kier molecular flexibility index (Phi) is 12.2. The van der Waals surface area contributed by atoms with E-state index in [1.807, 2.05) is 0 Å². The first-order valence-corrected chi connectivity index (χ1v) is 18.3. The summed E-state index contributed by atoms with van der Waals surface area (Å²) in [5.41, 5.74) is 0. The third-order valence-electron chi connectivity index (χ3n) is 4.90. The van der Waals surface area contributed by atoms with Crippen LogP contribution in [0, 0.1) is 6.42 Å². The summed E-state index contributed by atoms with van der Waals surface area (Å²) in [6, 6.07) is 43.8. The summed E-state index contributed by atoms with van der Waals surface area (Å²) in [5.74, 6) is 0. The Morgan fingerprint density at radius 2 is 0.639 bits per heavy atom. The van der Waals surface area contributed by atoms with Crippen molar-refractivity contribution in [3.8, 4) is 0 Å². The fourth-order valence-corrected chi connectivity index (χ4v) is 7.95. The quantitative estimate of drug-likeness (QED) is 0.0659. The van der Waals surface area contributed by atoms with Crippen LogP contribution in [-0.2, 0) is 17.3 Å². The van der Waals surface area contributed by atoms with Crippen LogP contribution < -0.4 is 21.2 Å². The maximum Gasteiger partial charge on any atom is 0.144 e. The molecule has 0 aliphatic rings. The largest absolute Gasteiger partial charge is 0.144 e. The van der Waals surface area contributed by atoms with Crippen LogP contribution in [0.2, 0.25) is 0 Å². The number of hydrogen-bond acceptors (Lipinski definition) is 0. The van der Waals surface area contributed by atoms with E-state index in [1.54, 1.807) is 0 Å². The fraction of sp³-hybridized carbons (Fsp3) is 0.0741. The van der Waals surface area contributed by atoms with Crippen LogP contribution in [0.5, 0.6) is 0 Å². The van der Waals surface area contributed by atoms with Gasteiger partial charge in [-0.05, 0) is 48.5 Å². The normalized spacial score (nSPS) is 11.5. The van der Waals surface area contributed by atoms with Gasteiger partial charge in [0.25, 0.3) is 12.4 Å². The summed E-state index contributed by atoms with van der Waals surface area (Å²) in [6.45, 7) is 0. The van der Waals surface area contributed by atoms with Crippen molar-refractivity contribution in [2.24, 2.45) is 0 Å². The molecule has 0 radical (unpaired) electrons. The monoisotopic (exact) mass is 814 g/mol. The molecular formula is C27H21AuF6IP. The SMILES string of the molecule is FC(F)(F)[CH-]C(F)(F)F.[I][Au].c1ccc([P+](c2ccccc2)(c2ccccc2)c2ccccc2)cc1. The van der Waals surface area contributed by atoms with Gasteiger partial charge < -0.3 is 0 Å². The molecule has 0 spiro atoms. The summed E-state index contributed by atoms with van der Waals surface area (Å²) >= 11 is 4.34. The Labute approximate surface area is 229 Å². The van der Waals surface area contributed by atoms with Crippen molar-refractivity contribution < 1.29 is 43.6 Å². The second kappa shape index (κ2) is 14.3. The van der Waals surface area contributed by atoms with Gasteiger partial charge >= 0.3 is 36.3 Å². The van der Waals surface area contributed by atoms with E-state index in [0.717, 1.165) is 0 Å². The summed E-state index contributed by atoms with van der Waals surface area (Å²) in [7, 11) is -1.91. The van der Waals surface area contributed by atoms with Crippen LogP contribution in [0.1, 0.15) is 0 Å². The van der Waals surface area contributed by atoms with E-state index in [2.05, 4.69) is 158 Å². The maximum absolute atomic E-state index is 10.8. The smallest absolute Gasteiger partial charge is 0.0620 e. The van der Waals surface area contributed by atoms with Gasteiger partial charge in [-0.15, -0.1) is 6.42 Å². The van der Waals surface area contributed by atoms with E-state index >= 15 is 0 Å². The van der Waals surface area contributed by atoms with Crippen LogP contribution in [0.3, 0.4) is 0 Å². The third kappa shape index (κ3) is 8.74. The molecule has 9 heteroatoms. The summed E-state index contributed by atoms with van der Waals surface area (Å²) in [4.78, 5) is 0. The van der Waals surface area contributed by atoms with Crippen molar-refractivity contribution in [2.45, 2.75) is 12.4 Å². The number of rotatable bonds is 4. The topological polar surface area (TPSA) is 0 Å². The average Bonchev–Trinajstić information content (AvgIpc) is 2.87. The second-order valence-corrected chi connectivity index (χ2v) is 10.6. The van der Waals surface area contributed by atoms with Crippen LogP contribution in [0.25, 0.3) is 0 Å². The molecule has 0 heterocycles. The first-order valence-electron chi connectivity index (χ1n) is 10.4. The van der Waals surface area contributed by atoms with E-state index < -0.39 is 26.0 Å². The van der Waals surface area contributed by atoms with Crippen LogP contribution in [0.4, 0.5) is 26.3 Å². The molecule has 0 N–H and O–H groups in total. The fourth-order valence-electron chi connectivity index (χ4n) is 3.69. The molecule has 4 aromatic rings. The molecule has 0 saturated heterocycles. The standard InChI is InChI=1S/C24H20P.C3HF6.Au.HI/c1-5-13-21(14-6-1)25(22-15-7-2-8-16-22,23-17-9-3-10-18-23)24-19-11-4-12-20-24;4-2(5,6)1-3(7,8)9;;/h1-20H;1H;;1H/q+1;-1;+1;/p-1. The Balaban J connectivity index is 0.000000354. The summed E-state index contributed by atoms with van der Waals surface area (Å²) < 4.78 is 64.7. The Morgan fingerprint density at radius 1 is 0.444 bits per heavy atom. The van der Waals surface area contributed by atoms with Gasteiger partial charge in [0.15, 0.2) is 0 Å². The molecule has 0 amide bonds. The minimum atomic E-state index is -5.27. The molecule has 0 nitrogen and oxygen atoms in total. The number of hydrogen-bond donors (Lipinski definition) is 0. The van der Waals surface area contributed by atoms with Crippen molar-refractivity contribution >= 4 is 47.5 Å². The molecule has 0 aromatic heterocycles. The Bertz CT molecular complexity index is 963. The molecule has 0 fully saturated rings. The van der Waals surface area contributed by atoms with E-state index in [4.69, 9.17) is 0 Å². The molecule has 0 atom stereocenters. The molecule has 36 heavy (non-hydrogen) atoms. The molecule has 4 rings (SSSR count). The van der Waals surface area contributed by atoms with Gasteiger partial charge in [0, 0.05) is 0 Å². The Morgan fingerprint density at radius 3 is 0.778 bits per heavy atom. The zero-order valence-electron chi connectivity index (χ0n) is 18.5. The molecule has 0 bridgehead atoms. The Hall–Kier alpha value is -1.64.